The zero-order valence-electron chi connectivity index (χ0n) is 6.21. The first-order valence-electron chi connectivity index (χ1n) is 3.33. The molecule has 0 aliphatic heterocycles. The number of pyridine rings is 1. The normalized spacial score (nSPS) is 10.5. The lowest BCUT2D eigenvalue weighted by atomic mass is 10.5. The van der Waals surface area contributed by atoms with Gasteiger partial charge in [0.2, 0.25) is 0 Å². The van der Waals surface area contributed by atoms with Crippen LogP contribution in [0.2, 0.25) is 5.15 Å². The molecular weight excluding hydrogens is 197 g/mol. The van der Waals surface area contributed by atoms with Gasteiger partial charge in [-0.25, -0.2) is 4.98 Å². The van der Waals surface area contributed by atoms with E-state index in [1.165, 1.54) is 5.54 Å². The average Bonchev–Trinajstić information content (AvgIpc) is 2.09. The van der Waals surface area contributed by atoms with Crippen molar-refractivity contribution in [1.29, 1.82) is 0 Å². The Labute approximate surface area is 80.8 Å². The van der Waals surface area contributed by atoms with Crippen LogP contribution in [0.3, 0.4) is 0 Å². The van der Waals surface area contributed by atoms with Gasteiger partial charge < -0.3 is 4.74 Å². The van der Waals surface area contributed by atoms with E-state index >= 15 is 0 Å². The maximum atomic E-state index is 5.71. The van der Waals surface area contributed by atoms with E-state index < -0.39 is 0 Å². The molecule has 0 aliphatic carbocycles. The molecule has 1 rings (SSSR count). The quantitative estimate of drug-likeness (QED) is 0.706. The van der Waals surface area contributed by atoms with Gasteiger partial charge in [0, 0.05) is 11.7 Å². The Balaban J connectivity index is 2.57. The van der Waals surface area contributed by atoms with Crippen LogP contribution in [0.15, 0.2) is 29.9 Å². The van der Waals surface area contributed by atoms with E-state index in [4.69, 9.17) is 27.9 Å². The van der Waals surface area contributed by atoms with Crippen molar-refractivity contribution in [3.8, 4) is 5.75 Å². The topological polar surface area (TPSA) is 22.1 Å². The fraction of sp³-hybridized carbons (Fsp3) is 0.125. The van der Waals surface area contributed by atoms with Crippen molar-refractivity contribution >= 4 is 23.2 Å². The van der Waals surface area contributed by atoms with E-state index in [9.17, 15) is 0 Å². The minimum atomic E-state index is 0.362. The van der Waals surface area contributed by atoms with Gasteiger partial charge >= 0.3 is 0 Å². The number of nitrogens with zero attached hydrogens (tertiary/aromatic N) is 1. The number of aromatic nitrogens is 1. The summed E-state index contributed by atoms with van der Waals surface area (Å²) in [4.78, 5) is 3.84. The molecule has 0 amide bonds. The maximum Gasteiger partial charge on any atom is 0.171 e. The minimum Gasteiger partial charge on any atom is -0.486 e. The van der Waals surface area contributed by atoms with Crippen LogP contribution in [0.25, 0.3) is 0 Å². The number of hydrogen-bond donors (Lipinski definition) is 0. The van der Waals surface area contributed by atoms with Crippen LogP contribution in [0.4, 0.5) is 0 Å². The van der Waals surface area contributed by atoms with Crippen molar-refractivity contribution < 1.29 is 4.74 Å². The highest BCUT2D eigenvalue weighted by molar-refractivity contribution is 6.30. The number of rotatable bonds is 3. The second-order valence-corrected chi connectivity index (χ2v) is 2.58. The Morgan fingerprint density at radius 3 is 3.08 bits per heavy atom. The van der Waals surface area contributed by atoms with Crippen LogP contribution in [0.5, 0.6) is 5.75 Å². The molecule has 0 saturated carbocycles. The number of halogens is 2. The fourth-order valence-corrected chi connectivity index (χ4v) is 0.900. The molecule has 12 heavy (non-hydrogen) atoms. The third kappa shape index (κ3) is 2.72. The first-order valence-corrected chi connectivity index (χ1v) is 4.14. The van der Waals surface area contributed by atoms with E-state index in [1.54, 1.807) is 24.4 Å². The summed E-state index contributed by atoms with van der Waals surface area (Å²) in [6, 6.07) is 3.50. The zero-order chi connectivity index (χ0) is 8.81. The van der Waals surface area contributed by atoms with Gasteiger partial charge in [-0.1, -0.05) is 23.2 Å². The lowest BCUT2D eigenvalue weighted by Gasteiger charge is -2.02. The molecule has 1 aromatic rings. The van der Waals surface area contributed by atoms with Crippen molar-refractivity contribution in [2.75, 3.05) is 6.61 Å². The summed E-state index contributed by atoms with van der Waals surface area (Å²) in [6.45, 7) is 0.398. The van der Waals surface area contributed by atoms with Crippen LogP contribution < -0.4 is 4.74 Å². The molecular formula is C8H7Cl2NO. The van der Waals surface area contributed by atoms with Crippen LogP contribution in [0, 0.1) is 0 Å². The van der Waals surface area contributed by atoms with Crippen molar-refractivity contribution in [1.82, 2.24) is 4.98 Å². The fourth-order valence-electron chi connectivity index (χ4n) is 0.653. The average molecular weight is 204 g/mol. The van der Waals surface area contributed by atoms with Crippen LogP contribution in [-0.4, -0.2) is 11.6 Å². The SMILES string of the molecule is ClC=CCOc1cccnc1Cl. The lowest BCUT2D eigenvalue weighted by molar-refractivity contribution is 0.362. The van der Waals surface area contributed by atoms with E-state index in [2.05, 4.69) is 4.98 Å². The molecule has 0 N–H and O–H groups in total. The Kier molecular flexibility index (Phi) is 3.91. The molecule has 0 radical (unpaired) electrons. The monoisotopic (exact) mass is 203 g/mol. The second-order valence-electron chi connectivity index (χ2n) is 1.97. The van der Waals surface area contributed by atoms with Gasteiger partial charge in [0.15, 0.2) is 10.9 Å². The standard InChI is InChI=1S/C8H7Cl2NO/c9-4-2-6-12-7-3-1-5-11-8(7)10/h1-5H,6H2. The highest BCUT2D eigenvalue weighted by Gasteiger charge is 1.98. The molecule has 0 aliphatic rings. The molecule has 0 saturated heterocycles. The van der Waals surface area contributed by atoms with Crippen molar-refractivity contribution in [3.63, 3.8) is 0 Å². The summed E-state index contributed by atoms with van der Waals surface area (Å²) in [6.07, 6.45) is 3.28. The van der Waals surface area contributed by atoms with Crippen LogP contribution >= 0.6 is 23.2 Å². The Morgan fingerprint density at radius 2 is 2.42 bits per heavy atom. The molecule has 0 spiro atoms. The predicted octanol–water partition coefficient (Wildman–Crippen LogP) is 2.87. The maximum absolute atomic E-state index is 5.71. The highest BCUT2D eigenvalue weighted by atomic mass is 35.5. The molecule has 4 heteroatoms. The Hall–Kier alpha value is -0.730. The summed E-state index contributed by atoms with van der Waals surface area (Å²) in [5, 5.41) is 0.362. The summed E-state index contributed by atoms with van der Waals surface area (Å²) in [5.74, 6) is 0.564. The van der Waals surface area contributed by atoms with E-state index in [-0.39, 0.29) is 0 Å². The molecule has 0 atom stereocenters. The lowest BCUT2D eigenvalue weighted by Crippen LogP contribution is -1.94. The molecule has 1 heterocycles. The van der Waals surface area contributed by atoms with Crippen molar-refractivity contribution in [2.45, 2.75) is 0 Å². The molecule has 0 unspecified atom stereocenters. The Morgan fingerprint density at radius 1 is 1.58 bits per heavy atom. The summed E-state index contributed by atoms with van der Waals surface area (Å²) >= 11 is 11.0. The Bertz CT molecular complexity index is 276. The van der Waals surface area contributed by atoms with Crippen molar-refractivity contribution in [2.24, 2.45) is 0 Å². The summed E-state index contributed by atoms with van der Waals surface area (Å²) in [5.41, 5.74) is 1.39. The van der Waals surface area contributed by atoms with Crippen LogP contribution in [-0.2, 0) is 0 Å². The summed E-state index contributed by atoms with van der Waals surface area (Å²) in [7, 11) is 0. The van der Waals surface area contributed by atoms with Gasteiger partial charge in [-0.2, -0.15) is 0 Å². The van der Waals surface area contributed by atoms with E-state index in [0.717, 1.165) is 0 Å². The largest absolute Gasteiger partial charge is 0.486 e. The summed E-state index contributed by atoms with van der Waals surface area (Å²) < 4.78 is 5.21. The second kappa shape index (κ2) is 5.01. The first-order chi connectivity index (χ1) is 5.84. The minimum absolute atomic E-state index is 0.362. The predicted molar refractivity (Wildman–Crippen MR) is 49.7 cm³/mol. The number of ether oxygens (including phenoxy) is 1. The molecule has 0 bridgehead atoms. The van der Waals surface area contributed by atoms with Gasteiger partial charge in [0.25, 0.3) is 0 Å². The third-order valence-corrected chi connectivity index (χ3v) is 1.61. The molecule has 1 aromatic heterocycles. The molecule has 2 nitrogen and oxygen atoms in total. The van der Waals surface area contributed by atoms with Crippen LogP contribution in [0.1, 0.15) is 0 Å². The van der Waals surface area contributed by atoms with Gasteiger partial charge in [0.1, 0.15) is 6.61 Å². The van der Waals surface area contributed by atoms with Gasteiger partial charge in [-0.15, -0.1) is 0 Å². The van der Waals surface area contributed by atoms with E-state index in [1.807, 2.05) is 0 Å². The smallest absolute Gasteiger partial charge is 0.171 e. The molecule has 0 aromatic carbocycles. The van der Waals surface area contributed by atoms with Gasteiger partial charge in [0.05, 0.1) is 0 Å². The van der Waals surface area contributed by atoms with Gasteiger partial charge in [-0.05, 0) is 18.2 Å². The van der Waals surface area contributed by atoms with E-state index in [0.29, 0.717) is 17.5 Å². The molecule has 0 fully saturated rings. The number of hydrogen-bond acceptors (Lipinski definition) is 2. The zero-order valence-corrected chi connectivity index (χ0v) is 7.72. The highest BCUT2D eigenvalue weighted by Crippen LogP contribution is 2.19. The van der Waals surface area contributed by atoms with Crippen molar-refractivity contribution in [3.05, 3.63) is 35.1 Å². The molecule has 64 valence electrons. The first kappa shape index (κ1) is 9.36. The van der Waals surface area contributed by atoms with Gasteiger partial charge in [-0.3, -0.25) is 0 Å². The third-order valence-electron chi connectivity index (χ3n) is 1.15.